The minimum Gasteiger partial charge on any atom is -0.481 e. The van der Waals surface area contributed by atoms with E-state index in [2.05, 4.69) is 4.98 Å². The minimum atomic E-state index is -3.69. The summed E-state index contributed by atoms with van der Waals surface area (Å²) in [6.45, 7) is 0. The van der Waals surface area contributed by atoms with Gasteiger partial charge in [0.25, 0.3) is 0 Å². The number of nitrogens with zero attached hydrogens (tertiary/aromatic N) is 1. The second-order valence-corrected chi connectivity index (χ2v) is 6.25. The lowest BCUT2D eigenvalue weighted by Gasteiger charge is -2.08. The van der Waals surface area contributed by atoms with Crippen molar-refractivity contribution in [2.24, 2.45) is 0 Å². The summed E-state index contributed by atoms with van der Waals surface area (Å²) in [5, 5.41) is 8.92. The molecule has 0 saturated heterocycles. The summed E-state index contributed by atoms with van der Waals surface area (Å²) in [5.74, 6) is -1.26. The predicted molar refractivity (Wildman–Crippen MR) is 75.1 cm³/mol. The fourth-order valence-corrected chi connectivity index (χ4v) is 3.22. The van der Waals surface area contributed by atoms with E-state index in [1.165, 1.54) is 31.5 Å². The van der Waals surface area contributed by atoms with Gasteiger partial charge in [0.2, 0.25) is 5.88 Å². The number of methoxy groups -OCH3 is 1. The molecule has 0 radical (unpaired) electrons. The summed E-state index contributed by atoms with van der Waals surface area (Å²) in [4.78, 5) is 14.8. The second kappa shape index (κ2) is 5.92. The summed E-state index contributed by atoms with van der Waals surface area (Å²) in [7, 11) is -2.28. The van der Waals surface area contributed by atoms with Crippen LogP contribution in [-0.4, -0.2) is 31.6 Å². The zero-order valence-electron chi connectivity index (χ0n) is 11.2. The number of hydrogen-bond donors (Lipinski definition) is 1. The number of carboxylic acid groups (broad SMARTS) is 1. The summed E-state index contributed by atoms with van der Waals surface area (Å²) in [5.41, 5.74) is 0.343. The SMILES string of the molecule is COc1ncccc1CS(=O)(=O)c1cccc(C(=O)O)c1. The van der Waals surface area contributed by atoms with Gasteiger partial charge in [0.05, 0.1) is 23.3 Å². The normalized spacial score (nSPS) is 11.1. The molecular weight excluding hydrogens is 294 g/mol. The van der Waals surface area contributed by atoms with Crippen molar-refractivity contribution in [3.05, 3.63) is 53.7 Å². The Morgan fingerprint density at radius 2 is 2.05 bits per heavy atom. The summed E-state index contributed by atoms with van der Waals surface area (Å²) in [6.07, 6.45) is 1.50. The minimum absolute atomic E-state index is 0.0479. The maximum atomic E-state index is 12.4. The molecule has 0 aliphatic rings. The Morgan fingerprint density at radius 1 is 1.29 bits per heavy atom. The molecule has 0 amide bonds. The Labute approximate surface area is 121 Å². The maximum Gasteiger partial charge on any atom is 0.335 e. The van der Waals surface area contributed by atoms with Crippen molar-refractivity contribution in [2.75, 3.05) is 7.11 Å². The van der Waals surface area contributed by atoms with Gasteiger partial charge in [-0.25, -0.2) is 18.2 Å². The van der Waals surface area contributed by atoms with Gasteiger partial charge in [0, 0.05) is 11.8 Å². The summed E-state index contributed by atoms with van der Waals surface area (Å²) in [6, 6.07) is 8.46. The lowest BCUT2D eigenvalue weighted by Crippen LogP contribution is -2.08. The molecule has 0 fully saturated rings. The molecule has 1 N–H and O–H groups in total. The number of sulfone groups is 1. The van der Waals surface area contributed by atoms with Gasteiger partial charge < -0.3 is 9.84 Å². The van der Waals surface area contributed by atoms with Crippen LogP contribution in [0, 0.1) is 0 Å². The van der Waals surface area contributed by atoms with Gasteiger partial charge in [0.1, 0.15) is 0 Å². The van der Waals surface area contributed by atoms with Gasteiger partial charge in [-0.3, -0.25) is 0 Å². The molecule has 0 saturated carbocycles. The van der Waals surface area contributed by atoms with Crippen LogP contribution in [0.5, 0.6) is 5.88 Å². The maximum absolute atomic E-state index is 12.4. The first kappa shape index (κ1) is 15.0. The molecule has 0 aliphatic carbocycles. The van der Waals surface area contributed by atoms with E-state index in [0.717, 1.165) is 6.07 Å². The van der Waals surface area contributed by atoms with E-state index in [0.29, 0.717) is 5.56 Å². The molecule has 0 unspecified atom stereocenters. The van der Waals surface area contributed by atoms with Crippen LogP contribution in [0.1, 0.15) is 15.9 Å². The standard InChI is InChI=1S/C14H13NO5S/c1-20-13-11(5-3-7-15-13)9-21(18,19)12-6-2-4-10(8-12)14(16)17/h2-8H,9H2,1H3,(H,16,17). The van der Waals surface area contributed by atoms with Crippen molar-refractivity contribution < 1.29 is 23.1 Å². The Morgan fingerprint density at radius 3 is 2.71 bits per heavy atom. The average molecular weight is 307 g/mol. The third-order valence-corrected chi connectivity index (χ3v) is 4.49. The van der Waals surface area contributed by atoms with Crippen LogP contribution in [0.2, 0.25) is 0 Å². The van der Waals surface area contributed by atoms with Crippen LogP contribution in [0.4, 0.5) is 0 Å². The topological polar surface area (TPSA) is 93.6 Å². The number of carboxylic acids is 1. The van der Waals surface area contributed by atoms with E-state index in [4.69, 9.17) is 9.84 Å². The fraction of sp³-hybridized carbons (Fsp3) is 0.143. The van der Waals surface area contributed by atoms with E-state index in [-0.39, 0.29) is 22.1 Å². The number of ether oxygens (including phenoxy) is 1. The van der Waals surface area contributed by atoms with Gasteiger partial charge in [-0.2, -0.15) is 0 Å². The highest BCUT2D eigenvalue weighted by Gasteiger charge is 2.19. The monoisotopic (exact) mass is 307 g/mol. The Kier molecular flexibility index (Phi) is 4.23. The number of carbonyl (C=O) groups is 1. The lowest BCUT2D eigenvalue weighted by atomic mass is 10.2. The van der Waals surface area contributed by atoms with Crippen LogP contribution >= 0.6 is 0 Å². The molecule has 7 heteroatoms. The molecule has 0 atom stereocenters. The van der Waals surface area contributed by atoms with Crippen LogP contribution < -0.4 is 4.74 Å². The molecule has 1 aromatic carbocycles. The van der Waals surface area contributed by atoms with Crippen LogP contribution in [0.3, 0.4) is 0 Å². The molecular formula is C14H13NO5S. The van der Waals surface area contributed by atoms with Crippen molar-refractivity contribution in [2.45, 2.75) is 10.6 Å². The van der Waals surface area contributed by atoms with Crippen molar-refractivity contribution in [3.63, 3.8) is 0 Å². The number of pyridine rings is 1. The first-order valence-electron chi connectivity index (χ1n) is 5.98. The second-order valence-electron chi connectivity index (χ2n) is 4.26. The fourth-order valence-electron chi connectivity index (χ4n) is 1.83. The molecule has 6 nitrogen and oxygen atoms in total. The van der Waals surface area contributed by atoms with Crippen molar-refractivity contribution in [3.8, 4) is 5.88 Å². The Hall–Kier alpha value is -2.41. The van der Waals surface area contributed by atoms with Gasteiger partial charge >= 0.3 is 5.97 Å². The molecule has 21 heavy (non-hydrogen) atoms. The van der Waals surface area contributed by atoms with Gasteiger partial charge in [-0.15, -0.1) is 0 Å². The third-order valence-electron chi connectivity index (χ3n) is 2.83. The zero-order valence-corrected chi connectivity index (χ0v) is 12.0. The van der Waals surface area contributed by atoms with E-state index in [1.54, 1.807) is 12.1 Å². The van der Waals surface area contributed by atoms with Crippen molar-refractivity contribution in [1.82, 2.24) is 4.98 Å². The highest BCUT2D eigenvalue weighted by molar-refractivity contribution is 7.90. The van der Waals surface area contributed by atoms with Crippen LogP contribution in [-0.2, 0) is 15.6 Å². The molecule has 1 heterocycles. The number of benzene rings is 1. The van der Waals surface area contributed by atoms with Gasteiger partial charge in [0.15, 0.2) is 9.84 Å². The summed E-state index contributed by atoms with van der Waals surface area (Å²) >= 11 is 0. The number of rotatable bonds is 5. The predicted octanol–water partition coefficient (Wildman–Crippen LogP) is 1.76. The van der Waals surface area contributed by atoms with E-state index in [1.807, 2.05) is 0 Å². The third kappa shape index (κ3) is 3.38. The van der Waals surface area contributed by atoms with E-state index >= 15 is 0 Å². The van der Waals surface area contributed by atoms with Gasteiger partial charge in [-0.1, -0.05) is 12.1 Å². The Bertz CT molecular complexity index is 770. The Balaban J connectivity index is 2.39. The number of aromatic carboxylic acids is 1. The number of aromatic nitrogens is 1. The van der Waals surface area contributed by atoms with E-state index in [9.17, 15) is 13.2 Å². The van der Waals surface area contributed by atoms with Crippen molar-refractivity contribution in [1.29, 1.82) is 0 Å². The highest BCUT2D eigenvalue weighted by Crippen LogP contribution is 2.22. The molecule has 0 spiro atoms. The van der Waals surface area contributed by atoms with E-state index < -0.39 is 15.8 Å². The first-order valence-corrected chi connectivity index (χ1v) is 7.63. The quantitative estimate of drug-likeness (QED) is 0.904. The molecule has 2 aromatic rings. The molecule has 1 aromatic heterocycles. The van der Waals surface area contributed by atoms with Crippen molar-refractivity contribution >= 4 is 15.8 Å². The largest absolute Gasteiger partial charge is 0.481 e. The lowest BCUT2D eigenvalue weighted by molar-refractivity contribution is 0.0696. The zero-order chi connectivity index (χ0) is 15.5. The average Bonchev–Trinajstić information content (AvgIpc) is 2.47. The molecule has 2 rings (SSSR count). The number of hydrogen-bond acceptors (Lipinski definition) is 5. The first-order chi connectivity index (χ1) is 9.94. The molecule has 110 valence electrons. The molecule has 0 aliphatic heterocycles. The van der Waals surface area contributed by atoms with Gasteiger partial charge in [-0.05, 0) is 24.3 Å². The molecule has 0 bridgehead atoms. The summed E-state index contributed by atoms with van der Waals surface area (Å²) < 4.78 is 29.8. The van der Waals surface area contributed by atoms with Crippen LogP contribution in [0.25, 0.3) is 0 Å². The highest BCUT2D eigenvalue weighted by atomic mass is 32.2. The van der Waals surface area contributed by atoms with Crippen LogP contribution in [0.15, 0.2) is 47.5 Å². The smallest absolute Gasteiger partial charge is 0.335 e.